The molecule has 0 aliphatic carbocycles. The third kappa shape index (κ3) is 6.73. The summed E-state index contributed by atoms with van der Waals surface area (Å²) >= 11 is 0. The van der Waals surface area contributed by atoms with Crippen LogP contribution in [0.15, 0.2) is 241 Å². The molecule has 11 aromatic rings. The predicted molar refractivity (Wildman–Crippen MR) is 272 cm³/mol. The molecule has 10 aromatic carbocycles. The van der Waals surface area contributed by atoms with Crippen molar-refractivity contribution in [3.05, 3.63) is 237 Å². The molecule has 0 saturated carbocycles. The molecule has 0 spiro atoms. The number of nitrogens with one attached hydrogen (secondary N) is 1. The number of nitrogens with zero attached hydrogens (tertiary/aromatic N) is 1. The third-order valence-electron chi connectivity index (χ3n) is 12.7. The van der Waals surface area contributed by atoms with Gasteiger partial charge in [0.25, 0.3) is 0 Å². The Hall–Kier alpha value is -8.34. The van der Waals surface area contributed by atoms with E-state index in [1.165, 1.54) is 49.9 Å². The van der Waals surface area contributed by atoms with Gasteiger partial charge in [-0.2, -0.15) is 0 Å². The van der Waals surface area contributed by atoms with Crippen molar-refractivity contribution in [1.82, 2.24) is 0 Å². The highest BCUT2D eigenvalue weighted by atomic mass is 16.3. The van der Waals surface area contributed by atoms with Gasteiger partial charge < -0.3 is 14.6 Å². The molecule has 4 heteroatoms. The maximum Gasteiger partial charge on any atom is 0.198 e. The van der Waals surface area contributed by atoms with Crippen molar-refractivity contribution in [2.45, 2.75) is 0 Å². The summed E-state index contributed by atoms with van der Waals surface area (Å²) in [5.41, 5.74) is 21.3. The van der Waals surface area contributed by atoms with E-state index >= 15 is 0 Å². The van der Waals surface area contributed by atoms with Gasteiger partial charge in [-0.1, -0.05) is 187 Å². The number of benzene rings is 10. The van der Waals surface area contributed by atoms with E-state index in [4.69, 9.17) is 4.42 Å². The summed E-state index contributed by atoms with van der Waals surface area (Å²) in [6.07, 6.45) is 0. The monoisotopic (exact) mass is 816 g/mol. The van der Waals surface area contributed by atoms with Gasteiger partial charge in [0.2, 0.25) is 0 Å². The van der Waals surface area contributed by atoms with Crippen LogP contribution in [0.3, 0.4) is 0 Å². The SMILES string of the molecule is B1c2cc(-c3ccccc3)ccc2N(c2ccc(-c3ccccc3)cc2)c2c1c(-c1cc(-c3ccccc3)ccc1Nc1ccc(-c3ccccc3)cc1)cc1c2oc2ccccc21. The number of anilines is 5. The lowest BCUT2D eigenvalue weighted by molar-refractivity contribution is 0.669. The Labute approximate surface area is 373 Å². The molecule has 0 bridgehead atoms. The first-order chi connectivity index (χ1) is 31.7. The molecular weight excluding hydrogens is 775 g/mol. The van der Waals surface area contributed by atoms with E-state index in [1.807, 2.05) is 0 Å². The molecule has 2 heterocycles. The first kappa shape index (κ1) is 37.4. The standard InChI is InChI=1S/C60H41BN2O/c1-5-15-40(16-6-1)44-25-31-48(32-26-44)62-55-35-29-46(42-19-9-3-10-20-42)37-51(55)52-39-53-50-23-13-14-24-57(50)64-60(53)59-58(52)61-54-38-47(43-21-11-4-12-22-43)30-36-56(54)63(59)49-33-27-45(28-34-49)41-17-7-2-8-18-41/h1-39,61-62H. The maximum absolute atomic E-state index is 7.00. The van der Waals surface area contributed by atoms with Crippen molar-refractivity contribution < 1.29 is 4.42 Å². The third-order valence-corrected chi connectivity index (χ3v) is 12.7. The Bertz CT molecular complexity index is 3460. The summed E-state index contributed by atoms with van der Waals surface area (Å²) < 4.78 is 7.00. The second-order valence-electron chi connectivity index (χ2n) is 16.6. The molecule has 0 saturated heterocycles. The number of furan rings is 1. The van der Waals surface area contributed by atoms with Crippen LogP contribution in [0.5, 0.6) is 0 Å². The van der Waals surface area contributed by atoms with Crippen LogP contribution in [-0.4, -0.2) is 7.28 Å². The predicted octanol–water partition coefficient (Wildman–Crippen LogP) is 14.8. The molecule has 0 unspecified atom stereocenters. The summed E-state index contributed by atoms with van der Waals surface area (Å²) in [4.78, 5) is 2.45. The van der Waals surface area contributed by atoms with Crippen molar-refractivity contribution in [3.63, 3.8) is 0 Å². The molecule has 0 radical (unpaired) electrons. The van der Waals surface area contributed by atoms with Gasteiger partial charge in [0, 0.05) is 39.1 Å². The largest absolute Gasteiger partial charge is 0.454 e. The molecule has 1 aliphatic heterocycles. The Morgan fingerprint density at radius 2 is 0.891 bits per heavy atom. The fourth-order valence-electron chi connectivity index (χ4n) is 9.52. The lowest BCUT2D eigenvalue weighted by Crippen LogP contribution is -2.41. The van der Waals surface area contributed by atoms with Gasteiger partial charge in [-0.25, -0.2) is 0 Å². The van der Waals surface area contributed by atoms with E-state index < -0.39 is 0 Å². The minimum absolute atomic E-state index is 0.715. The zero-order chi connectivity index (χ0) is 42.4. The van der Waals surface area contributed by atoms with Gasteiger partial charge in [-0.15, -0.1) is 0 Å². The fourth-order valence-corrected chi connectivity index (χ4v) is 9.52. The van der Waals surface area contributed by atoms with Crippen molar-refractivity contribution in [2.24, 2.45) is 0 Å². The van der Waals surface area contributed by atoms with Gasteiger partial charge in [0.05, 0.1) is 5.69 Å². The van der Waals surface area contributed by atoms with Crippen LogP contribution in [0.4, 0.5) is 28.4 Å². The van der Waals surface area contributed by atoms with Crippen LogP contribution in [-0.2, 0) is 0 Å². The highest BCUT2D eigenvalue weighted by Gasteiger charge is 2.33. The van der Waals surface area contributed by atoms with E-state index in [0.717, 1.165) is 67.1 Å². The summed E-state index contributed by atoms with van der Waals surface area (Å²) in [7, 11) is 0.715. The van der Waals surface area contributed by atoms with E-state index in [-0.39, 0.29) is 0 Å². The van der Waals surface area contributed by atoms with Gasteiger partial charge in [-0.05, 0) is 110 Å². The first-order valence-corrected chi connectivity index (χ1v) is 22.0. The van der Waals surface area contributed by atoms with E-state index in [0.29, 0.717) is 7.28 Å². The highest BCUT2D eigenvalue weighted by molar-refractivity contribution is 6.74. The van der Waals surface area contributed by atoms with Gasteiger partial charge in [-0.3, -0.25) is 0 Å². The zero-order valence-electron chi connectivity index (χ0n) is 35.1. The molecule has 1 aliphatic rings. The summed E-state index contributed by atoms with van der Waals surface area (Å²) in [6.45, 7) is 0. The Kier molecular flexibility index (Phi) is 9.27. The zero-order valence-corrected chi connectivity index (χ0v) is 35.1. The number of rotatable bonds is 8. The normalized spacial score (nSPS) is 11.8. The van der Waals surface area contributed by atoms with Crippen LogP contribution in [0.2, 0.25) is 0 Å². The summed E-state index contributed by atoms with van der Waals surface area (Å²) in [6, 6.07) is 84.9. The summed E-state index contributed by atoms with van der Waals surface area (Å²) in [5.74, 6) is 0. The summed E-state index contributed by atoms with van der Waals surface area (Å²) in [5, 5.41) is 6.07. The Morgan fingerprint density at radius 3 is 1.52 bits per heavy atom. The average molecular weight is 817 g/mol. The molecular formula is C60H41BN2O. The van der Waals surface area contributed by atoms with Crippen LogP contribution in [0.25, 0.3) is 77.6 Å². The second-order valence-corrected chi connectivity index (χ2v) is 16.6. The van der Waals surface area contributed by atoms with Crippen LogP contribution < -0.4 is 21.1 Å². The molecule has 0 atom stereocenters. The minimum atomic E-state index is 0.715. The maximum atomic E-state index is 7.00. The molecule has 0 amide bonds. The van der Waals surface area contributed by atoms with Crippen molar-refractivity contribution >= 4 is 68.6 Å². The lowest BCUT2D eigenvalue weighted by Gasteiger charge is -2.35. The minimum Gasteiger partial charge on any atom is -0.454 e. The lowest BCUT2D eigenvalue weighted by atomic mass is 9.57. The van der Waals surface area contributed by atoms with Crippen molar-refractivity contribution in [3.8, 4) is 55.6 Å². The van der Waals surface area contributed by atoms with Gasteiger partial charge in [0.1, 0.15) is 5.58 Å². The topological polar surface area (TPSA) is 28.4 Å². The quantitative estimate of drug-likeness (QED) is 0.155. The van der Waals surface area contributed by atoms with Crippen LogP contribution in [0, 0.1) is 0 Å². The molecule has 0 fully saturated rings. The highest BCUT2D eigenvalue weighted by Crippen LogP contribution is 2.47. The van der Waals surface area contributed by atoms with Crippen molar-refractivity contribution in [1.29, 1.82) is 0 Å². The van der Waals surface area contributed by atoms with E-state index in [9.17, 15) is 0 Å². The molecule has 12 rings (SSSR count). The number of hydrogen-bond acceptors (Lipinski definition) is 3. The van der Waals surface area contributed by atoms with Gasteiger partial charge in [0.15, 0.2) is 12.9 Å². The Morgan fingerprint density at radius 1 is 0.391 bits per heavy atom. The van der Waals surface area contributed by atoms with Crippen molar-refractivity contribution in [2.75, 3.05) is 10.2 Å². The second kappa shape index (κ2) is 15.8. The van der Waals surface area contributed by atoms with E-state index in [1.54, 1.807) is 0 Å². The fraction of sp³-hybridized carbons (Fsp3) is 0. The Balaban J connectivity index is 1.10. The number of fused-ring (bicyclic) bond motifs is 6. The van der Waals surface area contributed by atoms with E-state index in [2.05, 4.69) is 247 Å². The average Bonchev–Trinajstić information content (AvgIpc) is 3.75. The molecule has 1 N–H and O–H groups in total. The van der Waals surface area contributed by atoms with Gasteiger partial charge >= 0.3 is 0 Å². The molecule has 3 nitrogen and oxygen atoms in total. The molecule has 1 aromatic heterocycles. The number of para-hydroxylation sites is 1. The molecule has 64 heavy (non-hydrogen) atoms. The van der Waals surface area contributed by atoms with Crippen LogP contribution >= 0.6 is 0 Å². The number of hydrogen-bond donors (Lipinski definition) is 1. The first-order valence-electron chi connectivity index (χ1n) is 22.0. The smallest absolute Gasteiger partial charge is 0.198 e. The van der Waals surface area contributed by atoms with Crippen LogP contribution in [0.1, 0.15) is 0 Å². The molecule has 300 valence electrons.